The van der Waals surface area contributed by atoms with E-state index in [2.05, 4.69) is 55.2 Å². The normalized spacial score (nSPS) is 12.2. The lowest BCUT2D eigenvalue weighted by Gasteiger charge is -2.19. The van der Waals surface area contributed by atoms with Crippen molar-refractivity contribution in [1.29, 1.82) is 0 Å². The highest BCUT2D eigenvalue weighted by atomic mass is 16.4. The summed E-state index contributed by atoms with van der Waals surface area (Å²) in [7, 11) is 0. The van der Waals surface area contributed by atoms with E-state index in [0.717, 1.165) is 33.5 Å². The maximum atomic E-state index is 12.7. The van der Waals surface area contributed by atoms with Crippen LogP contribution in [0.3, 0.4) is 0 Å². The monoisotopic (exact) mass is 536 g/mol. The molecule has 1 heterocycles. The first-order chi connectivity index (χ1) is 19.0. The maximum absolute atomic E-state index is 12.7. The fraction of sp³-hybridized carbons (Fsp3) is 0.273. The van der Waals surface area contributed by atoms with Crippen molar-refractivity contribution in [2.24, 2.45) is 0 Å². The summed E-state index contributed by atoms with van der Waals surface area (Å²) in [4.78, 5) is 33.7. The maximum Gasteiger partial charge on any atom is 0.326 e. The van der Waals surface area contributed by atoms with E-state index >= 15 is 0 Å². The Morgan fingerprint density at radius 1 is 0.800 bits per heavy atom. The number of benzene rings is 3. The summed E-state index contributed by atoms with van der Waals surface area (Å²) in [6, 6.07) is 22.1. The Hall–Kier alpha value is -4.52. The van der Waals surface area contributed by atoms with Gasteiger partial charge in [-0.05, 0) is 60.2 Å². The minimum Gasteiger partial charge on any atom is -0.480 e. The van der Waals surface area contributed by atoms with Crippen molar-refractivity contribution in [3.05, 3.63) is 102 Å². The lowest BCUT2D eigenvalue weighted by molar-refractivity contribution is -0.139. The lowest BCUT2D eigenvalue weighted by Crippen LogP contribution is -2.42. The van der Waals surface area contributed by atoms with Crippen LogP contribution in [-0.4, -0.2) is 39.0 Å². The molecule has 0 aliphatic rings. The molecule has 0 radical (unpaired) electrons. The molecule has 4 rings (SSSR count). The van der Waals surface area contributed by atoms with Gasteiger partial charge in [0.1, 0.15) is 6.04 Å². The zero-order valence-corrected chi connectivity index (χ0v) is 23.6. The van der Waals surface area contributed by atoms with E-state index in [9.17, 15) is 14.7 Å². The van der Waals surface area contributed by atoms with Crippen LogP contribution >= 0.6 is 0 Å². The van der Waals surface area contributed by atoms with Crippen LogP contribution in [0.15, 0.2) is 85.2 Å². The molecule has 1 atom stereocenters. The number of amides is 1. The van der Waals surface area contributed by atoms with Gasteiger partial charge in [-0.2, -0.15) is 0 Å². The number of carboxylic acid groups (broad SMARTS) is 1. The number of rotatable bonds is 9. The fourth-order valence-corrected chi connectivity index (χ4v) is 4.31. The van der Waals surface area contributed by atoms with Crippen LogP contribution in [-0.2, 0) is 16.6 Å². The number of hydrogen-bond acceptors (Lipinski definition) is 5. The number of anilines is 1. The van der Waals surface area contributed by atoms with Crippen molar-refractivity contribution >= 4 is 17.6 Å². The number of carbonyl (C=O) groups excluding carboxylic acids is 1. The van der Waals surface area contributed by atoms with Crippen molar-refractivity contribution in [1.82, 2.24) is 15.3 Å². The average Bonchev–Trinajstić information content (AvgIpc) is 2.93. The Kier molecular flexibility index (Phi) is 8.63. The molecule has 40 heavy (non-hydrogen) atoms. The largest absolute Gasteiger partial charge is 0.480 e. The minimum atomic E-state index is -1.09. The molecule has 0 spiro atoms. The van der Waals surface area contributed by atoms with Crippen LogP contribution in [0.25, 0.3) is 22.5 Å². The molecule has 3 aromatic carbocycles. The number of hydrogen-bond donors (Lipinski definition) is 3. The van der Waals surface area contributed by atoms with Gasteiger partial charge in [0.05, 0.1) is 0 Å². The predicted molar refractivity (Wildman–Crippen MR) is 159 cm³/mol. The Morgan fingerprint density at radius 3 is 1.90 bits per heavy atom. The molecule has 0 saturated heterocycles. The van der Waals surface area contributed by atoms with Crippen LogP contribution in [0.1, 0.15) is 56.1 Å². The number of aliphatic carboxylic acids is 1. The van der Waals surface area contributed by atoms with E-state index in [0.29, 0.717) is 17.4 Å². The molecular weight excluding hydrogens is 500 g/mol. The minimum absolute atomic E-state index is 0.0326. The third kappa shape index (κ3) is 7.32. The summed E-state index contributed by atoms with van der Waals surface area (Å²) in [6.45, 7) is 10.5. The highest BCUT2D eigenvalue weighted by Crippen LogP contribution is 2.24. The smallest absolute Gasteiger partial charge is 0.326 e. The Balaban J connectivity index is 1.40. The molecule has 1 amide bonds. The zero-order valence-electron chi connectivity index (χ0n) is 23.6. The Morgan fingerprint density at radius 2 is 1.38 bits per heavy atom. The molecule has 0 aliphatic carbocycles. The first-order valence-corrected chi connectivity index (χ1v) is 13.4. The van der Waals surface area contributed by atoms with Gasteiger partial charge in [-0.3, -0.25) is 4.79 Å². The highest BCUT2D eigenvalue weighted by molar-refractivity contribution is 5.96. The molecule has 0 saturated carbocycles. The fourth-order valence-electron chi connectivity index (χ4n) is 4.31. The molecule has 3 N–H and O–H groups in total. The van der Waals surface area contributed by atoms with E-state index in [-0.39, 0.29) is 11.8 Å². The van der Waals surface area contributed by atoms with Crippen molar-refractivity contribution in [3.63, 3.8) is 0 Å². The van der Waals surface area contributed by atoms with Gasteiger partial charge >= 0.3 is 5.97 Å². The third-order valence-electron chi connectivity index (χ3n) is 6.59. The predicted octanol–water partition coefficient (Wildman–Crippen LogP) is 6.35. The molecule has 0 fully saturated rings. The second kappa shape index (κ2) is 12.1. The highest BCUT2D eigenvalue weighted by Gasteiger charge is 2.22. The molecule has 0 bridgehead atoms. The number of nitrogens with zero attached hydrogens (tertiary/aromatic N) is 2. The SMILES string of the molecule is CC(C)Nc1ccc(-c2cnc(-c3ccc(C[C@H](NC(=O)c4ccc(C(C)(C)C)cc4)C(=O)O)cc3)nc2)cc1. The van der Waals surface area contributed by atoms with Crippen molar-refractivity contribution in [2.45, 2.75) is 58.5 Å². The van der Waals surface area contributed by atoms with E-state index in [1.807, 2.05) is 60.7 Å². The number of carboxylic acids is 1. The van der Waals surface area contributed by atoms with Gasteiger partial charge in [0.2, 0.25) is 0 Å². The lowest BCUT2D eigenvalue weighted by atomic mass is 9.86. The second-order valence-corrected chi connectivity index (χ2v) is 11.3. The first-order valence-electron chi connectivity index (χ1n) is 13.4. The summed E-state index contributed by atoms with van der Waals surface area (Å²) < 4.78 is 0. The van der Waals surface area contributed by atoms with Crippen molar-refractivity contribution < 1.29 is 14.7 Å². The molecule has 7 heteroatoms. The number of aromatic nitrogens is 2. The Bertz CT molecular complexity index is 1440. The summed E-state index contributed by atoms with van der Waals surface area (Å²) in [5.41, 5.74) is 6.12. The van der Waals surface area contributed by atoms with E-state index in [1.54, 1.807) is 24.5 Å². The molecule has 0 aliphatic heterocycles. The third-order valence-corrected chi connectivity index (χ3v) is 6.59. The Labute approximate surface area is 235 Å². The molecular formula is C33H36N4O3. The van der Waals surface area contributed by atoms with Crippen LogP contribution in [0, 0.1) is 0 Å². The van der Waals surface area contributed by atoms with Crippen LogP contribution in [0.4, 0.5) is 5.69 Å². The van der Waals surface area contributed by atoms with E-state index < -0.39 is 17.9 Å². The molecule has 4 aromatic rings. The number of carbonyl (C=O) groups is 2. The first kappa shape index (κ1) is 28.5. The quantitative estimate of drug-likeness (QED) is 0.230. The number of nitrogens with one attached hydrogen (secondary N) is 2. The van der Waals surface area contributed by atoms with E-state index in [4.69, 9.17) is 0 Å². The van der Waals surface area contributed by atoms with Gasteiger partial charge in [0.15, 0.2) is 5.82 Å². The zero-order chi connectivity index (χ0) is 28.9. The summed E-state index contributed by atoms with van der Waals surface area (Å²) in [5.74, 6) is -0.922. The topological polar surface area (TPSA) is 104 Å². The molecule has 206 valence electrons. The van der Waals surface area contributed by atoms with Gasteiger partial charge < -0.3 is 15.7 Å². The van der Waals surface area contributed by atoms with Gasteiger partial charge in [-0.25, -0.2) is 14.8 Å². The van der Waals surface area contributed by atoms with Gasteiger partial charge in [-0.1, -0.05) is 69.3 Å². The van der Waals surface area contributed by atoms with Gasteiger partial charge in [0.25, 0.3) is 5.91 Å². The van der Waals surface area contributed by atoms with Crippen molar-refractivity contribution in [2.75, 3.05) is 5.32 Å². The van der Waals surface area contributed by atoms with Crippen LogP contribution in [0.5, 0.6) is 0 Å². The molecule has 0 unspecified atom stereocenters. The summed E-state index contributed by atoms with van der Waals surface area (Å²) in [5, 5.41) is 15.8. The molecule has 1 aromatic heterocycles. The van der Waals surface area contributed by atoms with Gasteiger partial charge in [-0.15, -0.1) is 0 Å². The van der Waals surface area contributed by atoms with Crippen LogP contribution in [0.2, 0.25) is 0 Å². The summed E-state index contributed by atoms with van der Waals surface area (Å²) >= 11 is 0. The van der Waals surface area contributed by atoms with E-state index in [1.165, 1.54) is 0 Å². The van der Waals surface area contributed by atoms with Crippen LogP contribution < -0.4 is 10.6 Å². The van der Waals surface area contributed by atoms with Gasteiger partial charge in [0, 0.05) is 47.2 Å². The molecule has 7 nitrogen and oxygen atoms in total. The second-order valence-electron chi connectivity index (χ2n) is 11.3. The van der Waals surface area contributed by atoms with Crippen molar-refractivity contribution in [3.8, 4) is 22.5 Å². The average molecular weight is 537 g/mol. The standard InChI is InChI=1S/C33H36N4O3/c1-21(2)36-28-16-12-23(13-17-28)26-19-34-30(35-20-26)24-8-6-22(7-9-24)18-29(32(39)40)37-31(38)25-10-14-27(15-11-25)33(3,4)5/h6-17,19-21,29,36H,18H2,1-5H3,(H,37,38)(H,39,40)/t29-/m0/s1. The summed E-state index contributed by atoms with van der Waals surface area (Å²) in [6.07, 6.45) is 3.75.